The van der Waals surface area contributed by atoms with Gasteiger partial charge in [-0.3, -0.25) is 0 Å². The molecule has 0 aliphatic rings. The first kappa shape index (κ1) is 15.6. The van der Waals surface area contributed by atoms with Crippen LogP contribution in [0.25, 0.3) is 0 Å². The molecule has 0 heterocycles. The Bertz CT molecular complexity index is 563. The van der Waals surface area contributed by atoms with Gasteiger partial charge in [-0.2, -0.15) is 0 Å². The number of ether oxygens (including phenoxy) is 1. The lowest BCUT2D eigenvalue weighted by Gasteiger charge is -2.24. The molecule has 2 aromatic carbocycles. The molecule has 2 heteroatoms. The van der Waals surface area contributed by atoms with Gasteiger partial charge < -0.3 is 9.84 Å². The third kappa shape index (κ3) is 4.08. The van der Waals surface area contributed by atoms with E-state index >= 15 is 0 Å². The maximum atomic E-state index is 10.5. The van der Waals surface area contributed by atoms with Gasteiger partial charge in [0, 0.05) is 0 Å². The molecule has 0 aliphatic heterocycles. The summed E-state index contributed by atoms with van der Waals surface area (Å²) in [6.07, 6.45) is 0. The van der Waals surface area contributed by atoms with Crippen molar-refractivity contribution in [1.82, 2.24) is 0 Å². The fraction of sp³-hybridized carbons (Fsp3) is 0.368. The van der Waals surface area contributed by atoms with E-state index in [0.29, 0.717) is 0 Å². The summed E-state index contributed by atoms with van der Waals surface area (Å²) < 4.78 is 5.74. The van der Waals surface area contributed by atoms with E-state index in [9.17, 15) is 5.11 Å². The standard InChI is InChI=1S/C19H24O2/c1-18(2,3)15-10-12-17(13-11-15)21-14-19(4,20)16-8-6-5-7-9-16/h5-13,20H,14H2,1-4H3. The van der Waals surface area contributed by atoms with Crippen molar-refractivity contribution < 1.29 is 9.84 Å². The Morgan fingerprint density at radius 1 is 0.810 bits per heavy atom. The lowest BCUT2D eigenvalue weighted by molar-refractivity contribution is 0.00759. The topological polar surface area (TPSA) is 29.5 Å². The average Bonchev–Trinajstić information content (AvgIpc) is 2.46. The van der Waals surface area contributed by atoms with E-state index in [-0.39, 0.29) is 12.0 Å². The normalized spacial score (nSPS) is 14.5. The van der Waals surface area contributed by atoms with Gasteiger partial charge in [0.05, 0.1) is 0 Å². The fourth-order valence-electron chi connectivity index (χ4n) is 2.16. The van der Waals surface area contributed by atoms with Gasteiger partial charge >= 0.3 is 0 Å². The first-order chi connectivity index (χ1) is 9.79. The van der Waals surface area contributed by atoms with Crippen LogP contribution in [-0.2, 0) is 11.0 Å². The smallest absolute Gasteiger partial charge is 0.121 e. The van der Waals surface area contributed by atoms with Crippen molar-refractivity contribution in [3.8, 4) is 5.75 Å². The Morgan fingerprint density at radius 3 is 1.90 bits per heavy atom. The molecule has 2 nitrogen and oxygen atoms in total. The maximum Gasteiger partial charge on any atom is 0.121 e. The molecule has 0 saturated heterocycles. The Morgan fingerprint density at radius 2 is 1.38 bits per heavy atom. The van der Waals surface area contributed by atoms with Gasteiger partial charge in [-0.15, -0.1) is 0 Å². The van der Waals surface area contributed by atoms with E-state index in [4.69, 9.17) is 4.74 Å². The van der Waals surface area contributed by atoms with E-state index in [2.05, 4.69) is 32.9 Å². The SMILES string of the molecule is CC(C)(C)c1ccc(OCC(C)(O)c2ccccc2)cc1. The van der Waals surface area contributed by atoms with E-state index in [1.54, 1.807) is 6.92 Å². The van der Waals surface area contributed by atoms with Crippen LogP contribution in [0, 0.1) is 0 Å². The zero-order valence-electron chi connectivity index (χ0n) is 13.3. The van der Waals surface area contributed by atoms with Crippen LogP contribution in [0.4, 0.5) is 0 Å². The van der Waals surface area contributed by atoms with E-state index in [1.807, 2.05) is 42.5 Å². The number of rotatable bonds is 4. The minimum absolute atomic E-state index is 0.133. The molecule has 0 aliphatic carbocycles. The molecule has 0 amide bonds. The molecule has 0 aromatic heterocycles. The number of benzene rings is 2. The molecule has 112 valence electrons. The van der Waals surface area contributed by atoms with Crippen molar-refractivity contribution in [1.29, 1.82) is 0 Å². The Balaban J connectivity index is 2.03. The molecule has 0 radical (unpaired) electrons. The molecule has 2 rings (SSSR count). The predicted octanol–water partition coefficient (Wildman–Crippen LogP) is 4.27. The number of aliphatic hydroxyl groups is 1. The molecule has 2 aromatic rings. The van der Waals surface area contributed by atoms with Crippen LogP contribution in [0.5, 0.6) is 5.75 Å². The molecule has 1 N–H and O–H groups in total. The average molecular weight is 284 g/mol. The Labute approximate surface area is 127 Å². The van der Waals surface area contributed by atoms with Crippen molar-refractivity contribution >= 4 is 0 Å². The quantitative estimate of drug-likeness (QED) is 0.908. The number of hydrogen-bond donors (Lipinski definition) is 1. The molecule has 21 heavy (non-hydrogen) atoms. The third-order valence-electron chi connectivity index (χ3n) is 3.64. The van der Waals surface area contributed by atoms with Crippen LogP contribution >= 0.6 is 0 Å². The monoisotopic (exact) mass is 284 g/mol. The summed E-state index contributed by atoms with van der Waals surface area (Å²) in [5.41, 5.74) is 1.26. The summed E-state index contributed by atoms with van der Waals surface area (Å²) in [6, 6.07) is 17.7. The van der Waals surface area contributed by atoms with Gasteiger partial charge in [-0.25, -0.2) is 0 Å². The highest BCUT2D eigenvalue weighted by Crippen LogP contribution is 2.26. The molecular formula is C19H24O2. The van der Waals surface area contributed by atoms with E-state index in [1.165, 1.54) is 5.56 Å². The summed E-state index contributed by atoms with van der Waals surface area (Å²) in [6.45, 7) is 8.55. The number of hydrogen-bond acceptors (Lipinski definition) is 2. The van der Waals surface area contributed by atoms with Crippen LogP contribution in [0.1, 0.15) is 38.8 Å². The molecule has 1 atom stereocenters. The van der Waals surface area contributed by atoms with E-state index < -0.39 is 5.60 Å². The molecule has 0 saturated carbocycles. The summed E-state index contributed by atoms with van der Waals surface area (Å²) in [5.74, 6) is 0.777. The Kier molecular flexibility index (Phi) is 4.38. The van der Waals surface area contributed by atoms with Crippen molar-refractivity contribution in [3.63, 3.8) is 0 Å². The molecular weight excluding hydrogens is 260 g/mol. The minimum Gasteiger partial charge on any atom is -0.490 e. The lowest BCUT2D eigenvalue weighted by Crippen LogP contribution is -2.29. The van der Waals surface area contributed by atoms with Gasteiger partial charge in [0.1, 0.15) is 18.0 Å². The summed E-state index contributed by atoms with van der Waals surface area (Å²) in [4.78, 5) is 0. The predicted molar refractivity (Wildman–Crippen MR) is 86.6 cm³/mol. The van der Waals surface area contributed by atoms with Crippen LogP contribution < -0.4 is 4.74 Å². The fourth-order valence-corrected chi connectivity index (χ4v) is 2.16. The second kappa shape index (κ2) is 5.90. The van der Waals surface area contributed by atoms with Gasteiger partial charge in [0.25, 0.3) is 0 Å². The van der Waals surface area contributed by atoms with Crippen LogP contribution in [0.15, 0.2) is 54.6 Å². The van der Waals surface area contributed by atoms with Gasteiger partial charge in [0.15, 0.2) is 0 Å². The third-order valence-corrected chi connectivity index (χ3v) is 3.64. The first-order valence-corrected chi connectivity index (χ1v) is 7.30. The van der Waals surface area contributed by atoms with Gasteiger partial charge in [-0.05, 0) is 35.6 Å². The van der Waals surface area contributed by atoms with Gasteiger partial charge in [0.2, 0.25) is 0 Å². The lowest BCUT2D eigenvalue weighted by atomic mass is 9.87. The van der Waals surface area contributed by atoms with Crippen molar-refractivity contribution in [3.05, 3.63) is 65.7 Å². The highest BCUT2D eigenvalue weighted by atomic mass is 16.5. The zero-order valence-corrected chi connectivity index (χ0v) is 13.3. The molecule has 0 fully saturated rings. The summed E-state index contributed by atoms with van der Waals surface area (Å²) in [5, 5.41) is 10.5. The second-order valence-corrected chi connectivity index (χ2v) is 6.70. The maximum absolute atomic E-state index is 10.5. The van der Waals surface area contributed by atoms with Crippen molar-refractivity contribution in [2.24, 2.45) is 0 Å². The summed E-state index contributed by atoms with van der Waals surface area (Å²) >= 11 is 0. The summed E-state index contributed by atoms with van der Waals surface area (Å²) in [7, 11) is 0. The highest BCUT2D eigenvalue weighted by Gasteiger charge is 2.23. The van der Waals surface area contributed by atoms with E-state index in [0.717, 1.165) is 11.3 Å². The van der Waals surface area contributed by atoms with Crippen molar-refractivity contribution in [2.45, 2.75) is 38.7 Å². The molecule has 1 unspecified atom stereocenters. The van der Waals surface area contributed by atoms with Gasteiger partial charge in [-0.1, -0.05) is 63.2 Å². The Hall–Kier alpha value is -1.80. The first-order valence-electron chi connectivity index (χ1n) is 7.30. The largest absolute Gasteiger partial charge is 0.490 e. The highest BCUT2D eigenvalue weighted by molar-refractivity contribution is 5.31. The van der Waals surface area contributed by atoms with Crippen LogP contribution in [-0.4, -0.2) is 11.7 Å². The zero-order chi connectivity index (χ0) is 15.5. The van der Waals surface area contributed by atoms with Crippen molar-refractivity contribution in [2.75, 3.05) is 6.61 Å². The minimum atomic E-state index is -0.996. The molecule has 0 bridgehead atoms. The molecule has 0 spiro atoms. The second-order valence-electron chi connectivity index (χ2n) is 6.70. The van der Waals surface area contributed by atoms with Crippen LogP contribution in [0.3, 0.4) is 0 Å². The van der Waals surface area contributed by atoms with Crippen LogP contribution in [0.2, 0.25) is 0 Å².